The lowest BCUT2D eigenvalue weighted by molar-refractivity contribution is 0.869. The molecule has 0 atom stereocenters. The van der Waals surface area contributed by atoms with Gasteiger partial charge in [-0.1, -0.05) is 32.0 Å². The summed E-state index contributed by atoms with van der Waals surface area (Å²) < 4.78 is 1.13. The van der Waals surface area contributed by atoms with Crippen LogP contribution in [0.15, 0.2) is 42.5 Å². The van der Waals surface area contributed by atoms with Gasteiger partial charge in [-0.25, -0.2) is 0 Å². The SMILES string of the molecule is CC(C)c1ccccc1Nc1ccc(N)cc1I. The number of nitrogen functional groups attached to an aromatic ring is 1. The Bertz CT molecular complexity index is 550. The molecule has 0 bridgehead atoms. The van der Waals surface area contributed by atoms with E-state index >= 15 is 0 Å². The third-order valence-electron chi connectivity index (χ3n) is 2.85. The first-order valence-corrected chi connectivity index (χ1v) is 7.07. The van der Waals surface area contributed by atoms with Crippen molar-refractivity contribution in [3.8, 4) is 0 Å². The molecule has 0 aliphatic carbocycles. The number of nitrogens with two attached hydrogens (primary N) is 1. The number of halogens is 1. The fourth-order valence-electron chi connectivity index (χ4n) is 1.89. The maximum Gasteiger partial charge on any atom is 0.0521 e. The van der Waals surface area contributed by atoms with E-state index in [0.717, 1.165) is 20.6 Å². The Hall–Kier alpha value is -1.23. The van der Waals surface area contributed by atoms with Crippen molar-refractivity contribution in [3.05, 3.63) is 51.6 Å². The van der Waals surface area contributed by atoms with E-state index in [0.29, 0.717) is 5.92 Å². The van der Waals surface area contributed by atoms with E-state index in [9.17, 15) is 0 Å². The highest BCUT2D eigenvalue weighted by Gasteiger charge is 2.07. The molecule has 0 fully saturated rings. The smallest absolute Gasteiger partial charge is 0.0521 e. The standard InChI is InChI=1S/C15H17IN2/c1-10(2)12-5-3-4-6-14(12)18-15-8-7-11(17)9-13(15)16/h3-10,18H,17H2,1-2H3. The molecule has 0 amide bonds. The lowest BCUT2D eigenvalue weighted by Gasteiger charge is -2.15. The van der Waals surface area contributed by atoms with Gasteiger partial charge < -0.3 is 11.1 Å². The Morgan fingerprint density at radius 2 is 1.78 bits per heavy atom. The Morgan fingerprint density at radius 1 is 1.06 bits per heavy atom. The summed E-state index contributed by atoms with van der Waals surface area (Å²) in [6.07, 6.45) is 0. The topological polar surface area (TPSA) is 38.0 Å². The molecule has 94 valence electrons. The summed E-state index contributed by atoms with van der Waals surface area (Å²) in [7, 11) is 0. The molecule has 18 heavy (non-hydrogen) atoms. The molecular formula is C15H17IN2. The summed E-state index contributed by atoms with van der Waals surface area (Å²) >= 11 is 2.30. The monoisotopic (exact) mass is 352 g/mol. The van der Waals surface area contributed by atoms with Crippen LogP contribution in [0, 0.1) is 3.57 Å². The zero-order valence-corrected chi connectivity index (χ0v) is 12.7. The Balaban J connectivity index is 2.34. The molecule has 2 rings (SSSR count). The fourth-order valence-corrected chi connectivity index (χ4v) is 2.57. The third kappa shape index (κ3) is 2.96. The van der Waals surface area contributed by atoms with Gasteiger partial charge in [0, 0.05) is 14.9 Å². The number of rotatable bonds is 3. The number of anilines is 3. The van der Waals surface area contributed by atoms with E-state index < -0.39 is 0 Å². The third-order valence-corrected chi connectivity index (χ3v) is 3.74. The van der Waals surface area contributed by atoms with Crippen LogP contribution in [-0.2, 0) is 0 Å². The predicted octanol–water partition coefficient (Wildman–Crippen LogP) is 4.74. The number of para-hydroxylation sites is 1. The first-order valence-electron chi connectivity index (χ1n) is 5.99. The lowest BCUT2D eigenvalue weighted by atomic mass is 10.0. The zero-order chi connectivity index (χ0) is 13.1. The predicted molar refractivity (Wildman–Crippen MR) is 87.4 cm³/mol. The summed E-state index contributed by atoms with van der Waals surface area (Å²) in [6.45, 7) is 4.41. The van der Waals surface area contributed by atoms with E-state index in [1.807, 2.05) is 18.2 Å². The zero-order valence-electron chi connectivity index (χ0n) is 10.6. The van der Waals surface area contributed by atoms with Crippen LogP contribution < -0.4 is 11.1 Å². The van der Waals surface area contributed by atoms with Crippen molar-refractivity contribution in [2.75, 3.05) is 11.1 Å². The first kappa shape index (κ1) is 13.2. The van der Waals surface area contributed by atoms with Gasteiger partial charge in [-0.15, -0.1) is 0 Å². The minimum absolute atomic E-state index is 0.500. The molecule has 0 unspecified atom stereocenters. The van der Waals surface area contributed by atoms with E-state index in [1.54, 1.807) is 0 Å². The molecule has 2 nitrogen and oxygen atoms in total. The van der Waals surface area contributed by atoms with Crippen LogP contribution >= 0.6 is 22.6 Å². The Labute approximate surface area is 122 Å². The van der Waals surface area contributed by atoms with Gasteiger partial charge >= 0.3 is 0 Å². The minimum Gasteiger partial charge on any atom is -0.399 e. The average molecular weight is 352 g/mol. The molecular weight excluding hydrogens is 335 g/mol. The molecule has 0 aliphatic heterocycles. The molecule has 0 saturated carbocycles. The Morgan fingerprint density at radius 3 is 2.44 bits per heavy atom. The molecule has 0 aliphatic rings. The molecule has 3 heteroatoms. The number of nitrogens with one attached hydrogen (secondary N) is 1. The summed E-state index contributed by atoms with van der Waals surface area (Å²) in [5.41, 5.74) is 10.1. The van der Waals surface area contributed by atoms with Gasteiger partial charge in [0.15, 0.2) is 0 Å². The maximum atomic E-state index is 5.77. The van der Waals surface area contributed by atoms with Crippen LogP contribution in [0.2, 0.25) is 0 Å². The van der Waals surface area contributed by atoms with Crippen molar-refractivity contribution in [1.82, 2.24) is 0 Å². The number of benzene rings is 2. The second-order valence-corrected chi connectivity index (χ2v) is 5.77. The Kier molecular flexibility index (Phi) is 4.11. The van der Waals surface area contributed by atoms with Gasteiger partial charge in [0.25, 0.3) is 0 Å². The van der Waals surface area contributed by atoms with Crippen LogP contribution in [0.1, 0.15) is 25.3 Å². The van der Waals surface area contributed by atoms with Crippen LogP contribution in [0.4, 0.5) is 17.1 Å². The molecule has 0 saturated heterocycles. The molecule has 0 aromatic heterocycles. The van der Waals surface area contributed by atoms with E-state index in [-0.39, 0.29) is 0 Å². The normalized spacial score (nSPS) is 10.7. The minimum atomic E-state index is 0.500. The first-order chi connectivity index (χ1) is 8.58. The van der Waals surface area contributed by atoms with Crippen LogP contribution in [0.3, 0.4) is 0 Å². The average Bonchev–Trinajstić information content (AvgIpc) is 2.33. The molecule has 0 heterocycles. The van der Waals surface area contributed by atoms with Crippen molar-refractivity contribution in [1.29, 1.82) is 0 Å². The van der Waals surface area contributed by atoms with E-state index in [4.69, 9.17) is 5.73 Å². The summed E-state index contributed by atoms with van der Waals surface area (Å²) in [5, 5.41) is 3.49. The van der Waals surface area contributed by atoms with Crippen molar-refractivity contribution in [2.45, 2.75) is 19.8 Å². The van der Waals surface area contributed by atoms with Gasteiger partial charge in [0.2, 0.25) is 0 Å². The maximum absolute atomic E-state index is 5.77. The van der Waals surface area contributed by atoms with Gasteiger partial charge in [0.05, 0.1) is 5.69 Å². The number of hydrogen-bond donors (Lipinski definition) is 2. The van der Waals surface area contributed by atoms with Crippen LogP contribution in [-0.4, -0.2) is 0 Å². The lowest BCUT2D eigenvalue weighted by Crippen LogP contribution is -1.99. The largest absolute Gasteiger partial charge is 0.399 e. The fraction of sp³-hybridized carbons (Fsp3) is 0.200. The summed E-state index contributed by atoms with van der Waals surface area (Å²) in [6, 6.07) is 14.3. The van der Waals surface area contributed by atoms with Gasteiger partial charge in [-0.3, -0.25) is 0 Å². The molecule has 0 radical (unpaired) electrons. The molecule has 3 N–H and O–H groups in total. The highest BCUT2D eigenvalue weighted by atomic mass is 127. The van der Waals surface area contributed by atoms with Crippen molar-refractivity contribution in [3.63, 3.8) is 0 Å². The summed E-state index contributed by atoms with van der Waals surface area (Å²) in [4.78, 5) is 0. The highest BCUT2D eigenvalue weighted by Crippen LogP contribution is 2.29. The van der Waals surface area contributed by atoms with Crippen molar-refractivity contribution in [2.24, 2.45) is 0 Å². The molecule has 0 spiro atoms. The second-order valence-electron chi connectivity index (χ2n) is 4.61. The van der Waals surface area contributed by atoms with E-state index in [2.05, 4.69) is 66.0 Å². The summed E-state index contributed by atoms with van der Waals surface area (Å²) in [5.74, 6) is 0.500. The number of hydrogen-bond acceptors (Lipinski definition) is 2. The van der Waals surface area contributed by atoms with Gasteiger partial charge in [-0.05, 0) is 58.3 Å². The van der Waals surface area contributed by atoms with Gasteiger partial charge in [-0.2, -0.15) is 0 Å². The second kappa shape index (κ2) is 5.61. The quantitative estimate of drug-likeness (QED) is 0.619. The van der Waals surface area contributed by atoms with Gasteiger partial charge in [0.1, 0.15) is 0 Å². The molecule has 2 aromatic carbocycles. The van der Waals surface area contributed by atoms with Crippen molar-refractivity contribution < 1.29 is 0 Å². The van der Waals surface area contributed by atoms with E-state index in [1.165, 1.54) is 5.56 Å². The van der Waals surface area contributed by atoms with Crippen LogP contribution in [0.5, 0.6) is 0 Å². The molecule has 2 aromatic rings. The van der Waals surface area contributed by atoms with Crippen molar-refractivity contribution >= 4 is 39.7 Å². The van der Waals surface area contributed by atoms with Crippen LogP contribution in [0.25, 0.3) is 0 Å². The highest BCUT2D eigenvalue weighted by molar-refractivity contribution is 14.1.